The van der Waals surface area contributed by atoms with E-state index in [2.05, 4.69) is 5.32 Å². The maximum atomic E-state index is 13.8. The van der Waals surface area contributed by atoms with Gasteiger partial charge in [0.15, 0.2) is 0 Å². The van der Waals surface area contributed by atoms with Crippen molar-refractivity contribution in [3.8, 4) is 0 Å². The Morgan fingerprint density at radius 1 is 0.892 bits per heavy atom. The molecule has 7 nitrogen and oxygen atoms in total. The minimum Gasteiger partial charge on any atom is -0.352 e. The van der Waals surface area contributed by atoms with Crippen LogP contribution in [0.2, 0.25) is 0 Å². The lowest BCUT2D eigenvalue weighted by molar-refractivity contribution is -0.140. The number of sulfonamides is 1. The van der Waals surface area contributed by atoms with Crippen molar-refractivity contribution >= 4 is 27.5 Å². The largest absolute Gasteiger partial charge is 0.352 e. The number of anilines is 1. The van der Waals surface area contributed by atoms with Crippen molar-refractivity contribution in [3.05, 3.63) is 96.3 Å². The zero-order chi connectivity index (χ0) is 27.0. The van der Waals surface area contributed by atoms with Crippen LogP contribution in [0.4, 0.5) is 10.1 Å². The van der Waals surface area contributed by atoms with Gasteiger partial charge in [-0.1, -0.05) is 55.5 Å². The molecule has 0 radical (unpaired) electrons. The fourth-order valence-corrected chi connectivity index (χ4v) is 5.35. The first-order valence-electron chi connectivity index (χ1n) is 12.1. The van der Waals surface area contributed by atoms with Crippen LogP contribution in [-0.4, -0.2) is 43.8 Å². The highest BCUT2D eigenvalue weighted by atomic mass is 32.2. The Morgan fingerprint density at radius 2 is 1.46 bits per heavy atom. The molecule has 0 aromatic heterocycles. The predicted molar refractivity (Wildman–Crippen MR) is 142 cm³/mol. The number of nitrogens with one attached hydrogen (secondary N) is 1. The highest BCUT2D eigenvalue weighted by Crippen LogP contribution is 2.25. The van der Waals surface area contributed by atoms with Crippen LogP contribution in [0.3, 0.4) is 0 Å². The molecule has 37 heavy (non-hydrogen) atoms. The number of benzene rings is 3. The maximum absolute atomic E-state index is 13.8. The summed E-state index contributed by atoms with van der Waals surface area (Å²) < 4.78 is 41.8. The Bertz CT molecular complexity index is 1280. The molecule has 0 aliphatic heterocycles. The van der Waals surface area contributed by atoms with Gasteiger partial charge >= 0.3 is 0 Å². The Hall–Kier alpha value is -3.72. The van der Waals surface area contributed by atoms with Gasteiger partial charge in [0.1, 0.15) is 18.4 Å². The summed E-state index contributed by atoms with van der Waals surface area (Å²) >= 11 is 0. The number of hydrogen-bond donors (Lipinski definition) is 1. The lowest BCUT2D eigenvalue weighted by atomic mass is 10.1. The van der Waals surface area contributed by atoms with Crippen LogP contribution in [-0.2, 0) is 26.2 Å². The second-order valence-corrected chi connectivity index (χ2v) is 10.8. The van der Waals surface area contributed by atoms with Gasteiger partial charge in [0.05, 0.1) is 10.6 Å². The van der Waals surface area contributed by atoms with E-state index in [4.69, 9.17) is 0 Å². The van der Waals surface area contributed by atoms with Crippen molar-refractivity contribution < 1.29 is 22.4 Å². The molecular weight excluding hydrogens is 493 g/mol. The molecular formula is C28H32FN3O4S. The normalized spacial score (nSPS) is 12.1. The number of hydrogen-bond acceptors (Lipinski definition) is 4. The third-order valence-electron chi connectivity index (χ3n) is 5.74. The molecule has 3 rings (SSSR count). The average molecular weight is 526 g/mol. The molecule has 0 heterocycles. The topological polar surface area (TPSA) is 86.8 Å². The van der Waals surface area contributed by atoms with Gasteiger partial charge in [0.2, 0.25) is 11.8 Å². The molecule has 3 aromatic carbocycles. The standard InChI is InChI=1S/C28H32FN3O4S/c1-4-26(28(34)30-21(2)3)31(19-22-11-7-5-8-12-22)27(33)20-32(24-13-9-6-10-14-24)37(35,36)25-17-15-23(29)16-18-25/h5-18,21,26H,4,19-20H2,1-3H3,(H,30,34). The lowest BCUT2D eigenvalue weighted by Gasteiger charge is -2.33. The van der Waals surface area contributed by atoms with Crippen LogP contribution in [0.15, 0.2) is 89.8 Å². The summed E-state index contributed by atoms with van der Waals surface area (Å²) in [6.45, 7) is 5.06. The smallest absolute Gasteiger partial charge is 0.264 e. The van der Waals surface area contributed by atoms with E-state index in [0.717, 1.165) is 34.1 Å². The number of amides is 2. The predicted octanol–water partition coefficient (Wildman–Crippen LogP) is 4.35. The summed E-state index contributed by atoms with van der Waals surface area (Å²) in [5.41, 5.74) is 1.08. The number of nitrogens with zero attached hydrogens (tertiary/aromatic N) is 2. The average Bonchev–Trinajstić information content (AvgIpc) is 2.88. The zero-order valence-corrected chi connectivity index (χ0v) is 22.0. The van der Waals surface area contributed by atoms with Crippen LogP contribution >= 0.6 is 0 Å². The van der Waals surface area contributed by atoms with E-state index in [-0.39, 0.29) is 29.1 Å². The highest BCUT2D eigenvalue weighted by Gasteiger charge is 2.33. The van der Waals surface area contributed by atoms with E-state index in [1.165, 1.54) is 4.90 Å². The van der Waals surface area contributed by atoms with Gasteiger partial charge in [0.25, 0.3) is 10.0 Å². The molecule has 0 spiro atoms. The zero-order valence-electron chi connectivity index (χ0n) is 21.2. The molecule has 0 aliphatic rings. The van der Waals surface area contributed by atoms with Crippen LogP contribution < -0.4 is 9.62 Å². The van der Waals surface area contributed by atoms with Crippen molar-refractivity contribution in [1.29, 1.82) is 0 Å². The molecule has 0 fully saturated rings. The van der Waals surface area contributed by atoms with Crippen molar-refractivity contribution in [3.63, 3.8) is 0 Å². The second-order valence-electron chi connectivity index (χ2n) is 8.90. The van der Waals surface area contributed by atoms with Crippen molar-refractivity contribution in [2.24, 2.45) is 0 Å². The molecule has 2 amide bonds. The van der Waals surface area contributed by atoms with E-state index in [0.29, 0.717) is 6.42 Å². The van der Waals surface area contributed by atoms with Crippen LogP contribution in [0, 0.1) is 5.82 Å². The third kappa shape index (κ3) is 7.16. The quantitative estimate of drug-likeness (QED) is 0.403. The van der Waals surface area contributed by atoms with Gasteiger partial charge in [-0.2, -0.15) is 0 Å². The molecule has 1 unspecified atom stereocenters. The maximum Gasteiger partial charge on any atom is 0.264 e. The summed E-state index contributed by atoms with van der Waals surface area (Å²) in [6, 6.07) is 21.0. The van der Waals surface area contributed by atoms with Crippen LogP contribution in [0.5, 0.6) is 0 Å². The fourth-order valence-electron chi connectivity index (χ4n) is 3.94. The fraction of sp³-hybridized carbons (Fsp3) is 0.286. The minimum atomic E-state index is -4.23. The number of halogens is 1. The van der Waals surface area contributed by atoms with E-state index in [9.17, 15) is 22.4 Å². The third-order valence-corrected chi connectivity index (χ3v) is 7.53. The van der Waals surface area contributed by atoms with E-state index >= 15 is 0 Å². The number of carbonyl (C=O) groups is 2. The summed E-state index contributed by atoms with van der Waals surface area (Å²) in [5.74, 6) is -1.42. The summed E-state index contributed by atoms with van der Waals surface area (Å²) in [7, 11) is -4.23. The number of rotatable bonds is 11. The number of carbonyl (C=O) groups excluding carboxylic acids is 2. The molecule has 0 bridgehead atoms. The molecule has 1 atom stereocenters. The molecule has 1 N–H and O–H groups in total. The Labute approximate surface area is 218 Å². The first kappa shape index (κ1) is 27.9. The Balaban J connectivity index is 2.02. The molecule has 0 aliphatic carbocycles. The van der Waals surface area contributed by atoms with Crippen LogP contribution in [0.1, 0.15) is 32.8 Å². The second kappa shape index (κ2) is 12.5. The molecule has 196 valence electrons. The van der Waals surface area contributed by atoms with Gasteiger partial charge in [-0.15, -0.1) is 0 Å². The van der Waals surface area contributed by atoms with Gasteiger partial charge < -0.3 is 10.2 Å². The summed E-state index contributed by atoms with van der Waals surface area (Å²) in [4.78, 5) is 28.2. The first-order chi connectivity index (χ1) is 17.6. The summed E-state index contributed by atoms with van der Waals surface area (Å²) in [5, 5.41) is 2.86. The van der Waals surface area contributed by atoms with Gasteiger partial charge in [-0.05, 0) is 62.2 Å². The van der Waals surface area contributed by atoms with Gasteiger partial charge in [0, 0.05) is 12.6 Å². The first-order valence-corrected chi connectivity index (χ1v) is 13.5. The molecule has 3 aromatic rings. The Kier molecular flexibility index (Phi) is 9.41. The Morgan fingerprint density at radius 3 is 2.00 bits per heavy atom. The van der Waals surface area contributed by atoms with E-state index in [1.54, 1.807) is 37.3 Å². The van der Waals surface area contributed by atoms with Gasteiger partial charge in [-0.25, -0.2) is 12.8 Å². The SMILES string of the molecule is CCC(C(=O)NC(C)C)N(Cc1ccccc1)C(=O)CN(c1ccccc1)S(=O)(=O)c1ccc(F)cc1. The van der Waals surface area contributed by atoms with Crippen molar-refractivity contribution in [1.82, 2.24) is 10.2 Å². The van der Waals surface area contributed by atoms with E-state index in [1.807, 2.05) is 44.2 Å². The van der Waals surface area contributed by atoms with Crippen molar-refractivity contribution in [2.75, 3.05) is 10.8 Å². The van der Waals surface area contributed by atoms with E-state index < -0.39 is 34.3 Å². The lowest BCUT2D eigenvalue weighted by Crippen LogP contribution is -2.53. The highest BCUT2D eigenvalue weighted by molar-refractivity contribution is 7.92. The molecule has 0 saturated heterocycles. The minimum absolute atomic E-state index is 0.128. The van der Waals surface area contributed by atoms with Gasteiger partial charge in [-0.3, -0.25) is 13.9 Å². The van der Waals surface area contributed by atoms with Crippen molar-refractivity contribution in [2.45, 2.75) is 50.7 Å². The number of para-hydroxylation sites is 1. The van der Waals surface area contributed by atoms with Crippen LogP contribution in [0.25, 0.3) is 0 Å². The molecule has 9 heteroatoms. The monoisotopic (exact) mass is 525 g/mol. The summed E-state index contributed by atoms with van der Waals surface area (Å²) in [6.07, 6.45) is 0.340. The molecule has 0 saturated carbocycles.